The van der Waals surface area contributed by atoms with Crippen LogP contribution in [-0.2, 0) is 11.2 Å². The Morgan fingerprint density at radius 2 is 1.92 bits per heavy atom. The highest BCUT2D eigenvalue weighted by Crippen LogP contribution is 2.65. The van der Waals surface area contributed by atoms with Crippen LogP contribution in [0.1, 0.15) is 66.9 Å². The van der Waals surface area contributed by atoms with Gasteiger partial charge in [-0.3, -0.25) is 14.6 Å². The minimum absolute atomic E-state index is 0.00835. The van der Waals surface area contributed by atoms with E-state index in [9.17, 15) is 22.8 Å². The molecule has 1 saturated carbocycles. The third kappa shape index (κ3) is 6.45. The number of hydrogen-bond acceptors (Lipinski definition) is 4. The number of pyridine rings is 1. The SMILES string of the molecule is CCC(=O)c1ccc(C[C@@H](CNC(=O)CC(c2cncc(F)c2)C2(C(C)(F)F)CC2)N(C)C)c(Cl)c1. The second-order valence-electron chi connectivity index (χ2n) is 9.95. The topological polar surface area (TPSA) is 62.3 Å². The van der Waals surface area contributed by atoms with Gasteiger partial charge in [0.2, 0.25) is 5.91 Å². The zero-order valence-electron chi connectivity index (χ0n) is 21.1. The number of carbonyl (C=O) groups is 2. The van der Waals surface area contributed by atoms with E-state index in [0.717, 1.165) is 18.7 Å². The van der Waals surface area contributed by atoms with Crippen LogP contribution in [0.2, 0.25) is 5.02 Å². The number of nitrogens with zero attached hydrogens (tertiary/aromatic N) is 2. The second kappa shape index (κ2) is 11.3. The lowest BCUT2D eigenvalue weighted by Gasteiger charge is -2.32. The molecule has 1 aliphatic rings. The molecule has 2 atom stereocenters. The van der Waals surface area contributed by atoms with Crippen molar-refractivity contribution in [3.63, 3.8) is 0 Å². The molecule has 0 bridgehead atoms. The number of Topliss-reactive ketones (excluding diaryl/α,β-unsaturated/α-hetero) is 1. The van der Waals surface area contributed by atoms with Crippen molar-refractivity contribution >= 4 is 23.3 Å². The lowest BCUT2D eigenvalue weighted by molar-refractivity contribution is -0.123. The van der Waals surface area contributed by atoms with Gasteiger partial charge >= 0.3 is 0 Å². The Labute approximate surface area is 215 Å². The summed E-state index contributed by atoms with van der Waals surface area (Å²) in [7, 11) is 3.75. The molecular weight excluding hydrogens is 491 g/mol. The normalized spacial score (nSPS) is 16.5. The van der Waals surface area contributed by atoms with Gasteiger partial charge in [0, 0.05) is 53.5 Å². The zero-order valence-corrected chi connectivity index (χ0v) is 21.8. The van der Waals surface area contributed by atoms with Gasteiger partial charge in [0.25, 0.3) is 5.92 Å². The molecule has 196 valence electrons. The van der Waals surface area contributed by atoms with Crippen molar-refractivity contribution < 1.29 is 22.8 Å². The number of halogens is 4. The van der Waals surface area contributed by atoms with E-state index < -0.39 is 23.1 Å². The van der Waals surface area contributed by atoms with Crippen molar-refractivity contribution in [3.8, 4) is 0 Å². The first-order valence-electron chi connectivity index (χ1n) is 12.1. The van der Waals surface area contributed by atoms with Crippen LogP contribution in [0.25, 0.3) is 0 Å². The van der Waals surface area contributed by atoms with Crippen LogP contribution in [0.15, 0.2) is 36.7 Å². The van der Waals surface area contributed by atoms with Gasteiger partial charge in [0.15, 0.2) is 5.78 Å². The van der Waals surface area contributed by atoms with Crippen LogP contribution >= 0.6 is 11.6 Å². The first-order chi connectivity index (χ1) is 16.9. The van der Waals surface area contributed by atoms with E-state index in [0.29, 0.717) is 29.0 Å². The number of carbonyl (C=O) groups excluding carboxylic acids is 2. The molecule has 36 heavy (non-hydrogen) atoms. The fraction of sp³-hybridized carbons (Fsp3) is 0.519. The Morgan fingerprint density at radius 1 is 1.22 bits per heavy atom. The van der Waals surface area contributed by atoms with Crippen molar-refractivity contribution in [1.82, 2.24) is 15.2 Å². The van der Waals surface area contributed by atoms with E-state index in [1.807, 2.05) is 25.1 Å². The second-order valence-corrected chi connectivity index (χ2v) is 10.4. The maximum absolute atomic E-state index is 14.6. The van der Waals surface area contributed by atoms with Gasteiger partial charge in [-0.15, -0.1) is 0 Å². The average Bonchev–Trinajstić information content (AvgIpc) is 3.62. The summed E-state index contributed by atoms with van der Waals surface area (Å²) in [6.07, 6.45) is 3.62. The fourth-order valence-electron chi connectivity index (χ4n) is 4.75. The standard InChI is InChI=1S/C27H33ClF3N3O2/c1-5-24(35)18-7-6-17(23(28)12-18)11-21(34(3)4)16-33-25(36)13-22(19-10-20(29)15-32-14-19)27(8-9-27)26(2,30)31/h6-7,10,12,14-15,21-22H,5,8-9,11,13,16H2,1-4H3,(H,33,36)/t21-,22?/m0/s1. The van der Waals surface area contributed by atoms with Crippen molar-refractivity contribution in [2.45, 2.75) is 63.8 Å². The Kier molecular flexibility index (Phi) is 8.83. The van der Waals surface area contributed by atoms with Gasteiger partial charge in [-0.1, -0.05) is 30.7 Å². The van der Waals surface area contributed by atoms with Crippen LogP contribution in [0, 0.1) is 11.2 Å². The molecule has 9 heteroatoms. The van der Waals surface area contributed by atoms with E-state index in [-0.39, 0.29) is 43.5 Å². The summed E-state index contributed by atoms with van der Waals surface area (Å²) in [6, 6.07) is 6.28. The number of alkyl halides is 2. The first-order valence-corrected chi connectivity index (χ1v) is 12.5. The summed E-state index contributed by atoms with van der Waals surface area (Å²) in [6.45, 7) is 2.92. The van der Waals surface area contributed by atoms with Crippen LogP contribution in [0.5, 0.6) is 0 Å². The molecule has 1 aromatic heterocycles. The minimum Gasteiger partial charge on any atom is -0.355 e. The number of rotatable bonds is 12. The van der Waals surface area contributed by atoms with Crippen LogP contribution < -0.4 is 5.32 Å². The highest BCUT2D eigenvalue weighted by atomic mass is 35.5. The number of benzene rings is 1. The van der Waals surface area contributed by atoms with Gasteiger partial charge in [0.1, 0.15) is 5.82 Å². The molecule has 0 radical (unpaired) electrons. The maximum Gasteiger partial charge on any atom is 0.251 e. The molecule has 1 aliphatic carbocycles. The lowest BCUT2D eigenvalue weighted by atomic mass is 9.77. The molecule has 2 aromatic rings. The third-order valence-corrected chi connectivity index (χ3v) is 7.62. The van der Waals surface area contributed by atoms with Gasteiger partial charge in [0.05, 0.1) is 6.20 Å². The third-order valence-electron chi connectivity index (χ3n) is 7.26. The van der Waals surface area contributed by atoms with Crippen molar-refractivity contribution in [2.24, 2.45) is 5.41 Å². The largest absolute Gasteiger partial charge is 0.355 e. The molecule has 1 fully saturated rings. The first kappa shape index (κ1) is 28.1. The monoisotopic (exact) mass is 523 g/mol. The highest BCUT2D eigenvalue weighted by molar-refractivity contribution is 6.31. The smallest absolute Gasteiger partial charge is 0.251 e. The number of nitrogens with one attached hydrogen (secondary N) is 1. The molecule has 1 unspecified atom stereocenters. The van der Waals surface area contributed by atoms with E-state index in [4.69, 9.17) is 11.6 Å². The van der Waals surface area contributed by atoms with Crippen molar-refractivity contribution in [2.75, 3.05) is 20.6 Å². The predicted octanol–water partition coefficient (Wildman–Crippen LogP) is 5.67. The van der Waals surface area contributed by atoms with Gasteiger partial charge < -0.3 is 10.2 Å². The molecule has 0 saturated heterocycles. The lowest BCUT2D eigenvalue weighted by Crippen LogP contribution is -2.43. The molecule has 0 spiro atoms. The summed E-state index contributed by atoms with van der Waals surface area (Å²) < 4.78 is 43.0. The Hall–Kier alpha value is -2.45. The summed E-state index contributed by atoms with van der Waals surface area (Å²) in [5.41, 5.74) is 0.317. The molecule has 1 N–H and O–H groups in total. The molecule has 1 amide bonds. The molecule has 3 rings (SSSR count). The fourth-order valence-corrected chi connectivity index (χ4v) is 5.01. The molecular formula is C27H33ClF3N3O2. The van der Waals surface area contributed by atoms with E-state index >= 15 is 0 Å². The number of amides is 1. The molecule has 1 aromatic carbocycles. The van der Waals surface area contributed by atoms with Crippen LogP contribution in [0.3, 0.4) is 0 Å². The molecule has 1 heterocycles. The summed E-state index contributed by atoms with van der Waals surface area (Å²) >= 11 is 6.43. The molecule has 5 nitrogen and oxygen atoms in total. The highest BCUT2D eigenvalue weighted by Gasteiger charge is 2.63. The number of aromatic nitrogens is 1. The van der Waals surface area contributed by atoms with Gasteiger partial charge in [-0.05, 0) is 63.5 Å². The van der Waals surface area contributed by atoms with Gasteiger partial charge in [-0.2, -0.15) is 0 Å². The summed E-state index contributed by atoms with van der Waals surface area (Å²) in [5.74, 6) is -4.87. The number of hydrogen-bond donors (Lipinski definition) is 1. The Balaban J connectivity index is 1.71. The van der Waals surface area contributed by atoms with Crippen molar-refractivity contribution in [1.29, 1.82) is 0 Å². The van der Waals surface area contributed by atoms with Crippen molar-refractivity contribution in [3.05, 3.63) is 64.2 Å². The molecule has 0 aliphatic heterocycles. The average molecular weight is 524 g/mol. The quantitative estimate of drug-likeness (QED) is 0.364. The van der Waals surface area contributed by atoms with E-state index in [1.54, 1.807) is 19.1 Å². The van der Waals surface area contributed by atoms with Crippen LogP contribution in [-0.4, -0.2) is 54.2 Å². The minimum atomic E-state index is -3.02. The summed E-state index contributed by atoms with van der Waals surface area (Å²) in [5, 5.41) is 3.35. The zero-order chi connectivity index (χ0) is 26.7. The van der Waals surface area contributed by atoms with E-state index in [2.05, 4.69) is 10.3 Å². The van der Waals surface area contributed by atoms with Gasteiger partial charge in [-0.25, -0.2) is 13.2 Å². The number of ketones is 1. The maximum atomic E-state index is 14.6. The Bertz CT molecular complexity index is 1100. The van der Waals surface area contributed by atoms with E-state index in [1.165, 1.54) is 12.3 Å². The summed E-state index contributed by atoms with van der Waals surface area (Å²) in [4.78, 5) is 30.7. The van der Waals surface area contributed by atoms with Crippen LogP contribution in [0.4, 0.5) is 13.2 Å². The number of likely N-dealkylation sites (N-methyl/N-ethyl adjacent to an activating group) is 1. The predicted molar refractivity (Wildman–Crippen MR) is 134 cm³/mol. The Morgan fingerprint density at radius 3 is 2.44 bits per heavy atom.